The molecular weight excluding hydrogens is 324 g/mol. The number of phenolic OH excluding ortho intramolecular Hbond substituents is 1. The SMILES string of the molecule is Cc1cc(C=NCc2ccccc2)c(O)c(-n2nc3ccccc3n2)c1. The number of aromatic hydroxyl groups is 1. The van der Waals surface area contributed by atoms with Gasteiger partial charge in [0.25, 0.3) is 0 Å². The van der Waals surface area contributed by atoms with E-state index in [0.29, 0.717) is 17.8 Å². The number of benzene rings is 3. The van der Waals surface area contributed by atoms with Gasteiger partial charge >= 0.3 is 0 Å². The van der Waals surface area contributed by atoms with Gasteiger partial charge in [0.05, 0.1) is 6.54 Å². The third kappa shape index (κ3) is 3.19. The van der Waals surface area contributed by atoms with Crippen molar-refractivity contribution in [2.24, 2.45) is 4.99 Å². The second kappa shape index (κ2) is 6.80. The average molecular weight is 342 g/mol. The van der Waals surface area contributed by atoms with Crippen molar-refractivity contribution in [3.05, 3.63) is 83.4 Å². The molecular formula is C21H18N4O. The molecule has 0 atom stereocenters. The fourth-order valence-corrected chi connectivity index (χ4v) is 2.84. The van der Waals surface area contributed by atoms with Crippen molar-refractivity contribution in [1.82, 2.24) is 15.0 Å². The van der Waals surface area contributed by atoms with Crippen LogP contribution < -0.4 is 0 Å². The molecule has 0 unspecified atom stereocenters. The van der Waals surface area contributed by atoms with Crippen molar-refractivity contribution in [3.8, 4) is 11.4 Å². The van der Waals surface area contributed by atoms with E-state index in [-0.39, 0.29) is 5.75 Å². The lowest BCUT2D eigenvalue weighted by Crippen LogP contribution is -2.01. The van der Waals surface area contributed by atoms with Crippen LogP contribution in [0, 0.1) is 6.92 Å². The predicted molar refractivity (Wildman–Crippen MR) is 103 cm³/mol. The molecule has 5 nitrogen and oxygen atoms in total. The Morgan fingerprint density at radius 1 is 0.962 bits per heavy atom. The van der Waals surface area contributed by atoms with Gasteiger partial charge < -0.3 is 5.11 Å². The van der Waals surface area contributed by atoms with Gasteiger partial charge in [-0.3, -0.25) is 4.99 Å². The van der Waals surface area contributed by atoms with E-state index in [9.17, 15) is 5.11 Å². The second-order valence-electron chi connectivity index (χ2n) is 6.16. The number of aliphatic imine (C=N–C) groups is 1. The molecule has 4 aromatic rings. The number of nitrogens with zero attached hydrogens (tertiary/aromatic N) is 4. The molecule has 1 N–H and O–H groups in total. The summed E-state index contributed by atoms with van der Waals surface area (Å²) in [4.78, 5) is 5.93. The largest absolute Gasteiger partial charge is 0.505 e. The van der Waals surface area contributed by atoms with Crippen LogP contribution in [-0.2, 0) is 6.54 Å². The summed E-state index contributed by atoms with van der Waals surface area (Å²) in [5, 5.41) is 19.6. The Morgan fingerprint density at radius 3 is 2.31 bits per heavy atom. The Morgan fingerprint density at radius 2 is 1.62 bits per heavy atom. The molecule has 0 aliphatic carbocycles. The van der Waals surface area contributed by atoms with E-state index in [1.807, 2.05) is 73.7 Å². The van der Waals surface area contributed by atoms with Gasteiger partial charge in [0.15, 0.2) is 5.75 Å². The molecule has 4 rings (SSSR count). The van der Waals surface area contributed by atoms with Crippen LogP contribution in [0.4, 0.5) is 0 Å². The molecule has 26 heavy (non-hydrogen) atoms. The normalized spacial score (nSPS) is 11.4. The first-order valence-corrected chi connectivity index (χ1v) is 8.40. The van der Waals surface area contributed by atoms with Gasteiger partial charge in [0.2, 0.25) is 0 Å². The summed E-state index contributed by atoms with van der Waals surface area (Å²) >= 11 is 0. The van der Waals surface area contributed by atoms with Gasteiger partial charge in [0.1, 0.15) is 16.7 Å². The van der Waals surface area contributed by atoms with Crippen molar-refractivity contribution < 1.29 is 5.11 Å². The predicted octanol–water partition coefficient (Wildman–Crippen LogP) is 4.05. The van der Waals surface area contributed by atoms with Crippen molar-refractivity contribution in [2.75, 3.05) is 0 Å². The Balaban J connectivity index is 1.68. The van der Waals surface area contributed by atoms with E-state index >= 15 is 0 Å². The lowest BCUT2D eigenvalue weighted by Gasteiger charge is -2.08. The van der Waals surface area contributed by atoms with Crippen molar-refractivity contribution in [1.29, 1.82) is 0 Å². The zero-order chi connectivity index (χ0) is 17.9. The lowest BCUT2D eigenvalue weighted by molar-refractivity contribution is 0.466. The lowest BCUT2D eigenvalue weighted by atomic mass is 10.1. The number of phenols is 1. The van der Waals surface area contributed by atoms with Gasteiger partial charge in [-0.25, -0.2) is 0 Å². The number of rotatable bonds is 4. The van der Waals surface area contributed by atoms with Crippen LogP contribution in [0.3, 0.4) is 0 Å². The summed E-state index contributed by atoms with van der Waals surface area (Å²) in [5.74, 6) is 0.118. The Kier molecular flexibility index (Phi) is 4.19. The van der Waals surface area contributed by atoms with Crippen molar-refractivity contribution >= 4 is 17.2 Å². The van der Waals surface area contributed by atoms with Crippen LogP contribution in [0.25, 0.3) is 16.7 Å². The second-order valence-corrected chi connectivity index (χ2v) is 6.16. The first-order chi connectivity index (χ1) is 12.7. The van der Waals surface area contributed by atoms with Gasteiger partial charge in [-0.05, 0) is 42.3 Å². The van der Waals surface area contributed by atoms with Gasteiger partial charge in [0, 0.05) is 11.8 Å². The average Bonchev–Trinajstić information content (AvgIpc) is 3.09. The molecule has 0 aliphatic rings. The van der Waals surface area contributed by atoms with Crippen LogP contribution in [0.1, 0.15) is 16.7 Å². The van der Waals surface area contributed by atoms with Crippen LogP contribution >= 0.6 is 0 Å². The van der Waals surface area contributed by atoms with Crippen LogP contribution in [-0.4, -0.2) is 26.3 Å². The molecule has 0 amide bonds. The Labute approximate surface area is 151 Å². The van der Waals surface area contributed by atoms with Crippen LogP contribution in [0.15, 0.2) is 71.7 Å². The molecule has 0 radical (unpaired) electrons. The first kappa shape index (κ1) is 16.0. The summed E-state index contributed by atoms with van der Waals surface area (Å²) in [7, 11) is 0. The van der Waals surface area contributed by atoms with Crippen molar-refractivity contribution in [2.45, 2.75) is 13.5 Å². The maximum absolute atomic E-state index is 10.7. The fraction of sp³-hybridized carbons (Fsp3) is 0.0952. The monoisotopic (exact) mass is 342 g/mol. The molecule has 128 valence electrons. The summed E-state index contributed by atoms with van der Waals surface area (Å²) in [6, 6.07) is 21.4. The van der Waals surface area contributed by atoms with Gasteiger partial charge in [-0.15, -0.1) is 15.0 Å². The smallest absolute Gasteiger partial charge is 0.151 e. The molecule has 0 aliphatic heterocycles. The quantitative estimate of drug-likeness (QED) is 0.569. The zero-order valence-electron chi connectivity index (χ0n) is 14.4. The first-order valence-electron chi connectivity index (χ1n) is 8.40. The van der Waals surface area contributed by atoms with Crippen LogP contribution in [0.5, 0.6) is 5.75 Å². The molecule has 0 spiro atoms. The molecule has 0 fully saturated rings. The zero-order valence-corrected chi connectivity index (χ0v) is 14.4. The van der Waals surface area contributed by atoms with Crippen molar-refractivity contribution in [3.63, 3.8) is 0 Å². The minimum Gasteiger partial charge on any atom is -0.505 e. The van der Waals surface area contributed by atoms with E-state index in [0.717, 1.165) is 22.2 Å². The minimum atomic E-state index is 0.118. The third-order valence-electron chi connectivity index (χ3n) is 4.11. The summed E-state index contributed by atoms with van der Waals surface area (Å²) in [5.41, 5.74) is 4.89. The highest BCUT2D eigenvalue weighted by molar-refractivity contribution is 5.86. The van der Waals surface area contributed by atoms with Gasteiger partial charge in [-0.1, -0.05) is 42.5 Å². The van der Waals surface area contributed by atoms with E-state index in [1.165, 1.54) is 4.80 Å². The molecule has 0 bridgehead atoms. The number of hydrogen-bond acceptors (Lipinski definition) is 4. The van der Waals surface area contributed by atoms with E-state index in [4.69, 9.17) is 0 Å². The minimum absolute atomic E-state index is 0.118. The van der Waals surface area contributed by atoms with E-state index in [1.54, 1.807) is 6.21 Å². The molecule has 1 heterocycles. The topological polar surface area (TPSA) is 63.3 Å². The molecule has 3 aromatic carbocycles. The van der Waals surface area contributed by atoms with E-state index in [2.05, 4.69) is 15.2 Å². The Bertz CT molecular complexity index is 1050. The molecule has 5 heteroatoms. The summed E-state index contributed by atoms with van der Waals surface area (Å²) in [6.45, 7) is 2.54. The number of aromatic nitrogens is 3. The maximum Gasteiger partial charge on any atom is 0.151 e. The molecule has 1 aromatic heterocycles. The standard InChI is InChI=1S/C21H18N4O/c1-15-11-17(14-22-13-16-7-3-2-4-8-16)21(26)20(12-15)25-23-18-9-5-6-10-19(18)24-25/h2-12,14,26H,13H2,1H3. The van der Waals surface area contributed by atoms with E-state index < -0.39 is 0 Å². The highest BCUT2D eigenvalue weighted by atomic mass is 16.3. The number of hydrogen-bond donors (Lipinski definition) is 1. The molecule has 0 saturated carbocycles. The Hall–Kier alpha value is -3.47. The third-order valence-corrected chi connectivity index (χ3v) is 4.11. The molecule has 0 saturated heterocycles. The van der Waals surface area contributed by atoms with Gasteiger partial charge in [-0.2, -0.15) is 0 Å². The highest BCUT2D eigenvalue weighted by Gasteiger charge is 2.12. The highest BCUT2D eigenvalue weighted by Crippen LogP contribution is 2.27. The fourth-order valence-electron chi connectivity index (χ4n) is 2.84. The maximum atomic E-state index is 10.7. The summed E-state index contributed by atoms with van der Waals surface area (Å²) < 4.78 is 0. The number of fused-ring (bicyclic) bond motifs is 1. The number of aryl methyl sites for hydroxylation is 1. The van der Waals surface area contributed by atoms with Crippen LogP contribution in [0.2, 0.25) is 0 Å². The summed E-state index contributed by atoms with van der Waals surface area (Å²) in [6.07, 6.45) is 1.70.